The fourth-order valence-electron chi connectivity index (χ4n) is 2.98. The van der Waals surface area contributed by atoms with Crippen molar-refractivity contribution < 1.29 is 22.6 Å². The van der Waals surface area contributed by atoms with Gasteiger partial charge in [-0.2, -0.15) is 13.2 Å². The Bertz CT molecular complexity index is 405. The van der Waals surface area contributed by atoms with E-state index in [0.717, 1.165) is 37.9 Å². The highest BCUT2D eigenvalue weighted by molar-refractivity contribution is 4.99. The molecular formula is C19H33F3O2. The van der Waals surface area contributed by atoms with Crippen LogP contribution in [0.25, 0.3) is 0 Å². The standard InChI is InChI=1S/C19H33F3O2/c1-7-17(3,4)14(2)24-16-10-8-15(9-11-16)18(5,6)23-13-12-19(20,21)22/h15-16H,2,7-13H2,1,3-6H3. The Morgan fingerprint density at radius 3 is 2.04 bits per heavy atom. The van der Waals surface area contributed by atoms with Gasteiger partial charge in [0.1, 0.15) is 0 Å². The lowest BCUT2D eigenvalue weighted by Gasteiger charge is -2.40. The molecule has 0 aliphatic heterocycles. The maximum absolute atomic E-state index is 12.3. The first-order valence-electron chi connectivity index (χ1n) is 8.94. The second-order valence-corrected chi connectivity index (χ2v) is 8.07. The highest BCUT2D eigenvalue weighted by Crippen LogP contribution is 2.39. The summed E-state index contributed by atoms with van der Waals surface area (Å²) in [5, 5.41) is 0. The van der Waals surface area contributed by atoms with Gasteiger partial charge in [-0.15, -0.1) is 0 Å². The van der Waals surface area contributed by atoms with Crippen LogP contribution in [0.4, 0.5) is 13.2 Å². The molecular weight excluding hydrogens is 317 g/mol. The number of rotatable bonds is 8. The van der Waals surface area contributed by atoms with Crippen LogP contribution in [0.2, 0.25) is 0 Å². The Balaban J connectivity index is 2.42. The number of allylic oxidation sites excluding steroid dienone is 1. The molecule has 2 nitrogen and oxygen atoms in total. The van der Waals surface area contributed by atoms with E-state index in [0.29, 0.717) is 0 Å². The van der Waals surface area contributed by atoms with Crippen molar-refractivity contribution in [2.24, 2.45) is 11.3 Å². The summed E-state index contributed by atoms with van der Waals surface area (Å²) in [7, 11) is 0. The maximum atomic E-state index is 12.3. The normalized spacial score (nSPS) is 23.2. The quantitative estimate of drug-likeness (QED) is 0.481. The van der Waals surface area contributed by atoms with Crippen molar-refractivity contribution in [1.29, 1.82) is 0 Å². The van der Waals surface area contributed by atoms with Gasteiger partial charge in [0.25, 0.3) is 0 Å². The Labute approximate surface area is 144 Å². The van der Waals surface area contributed by atoms with E-state index in [1.807, 2.05) is 13.8 Å². The van der Waals surface area contributed by atoms with E-state index in [1.165, 1.54) is 0 Å². The van der Waals surface area contributed by atoms with E-state index in [9.17, 15) is 13.2 Å². The van der Waals surface area contributed by atoms with Gasteiger partial charge >= 0.3 is 6.18 Å². The molecule has 142 valence electrons. The minimum Gasteiger partial charge on any atom is -0.495 e. The average Bonchev–Trinajstić information content (AvgIpc) is 2.46. The van der Waals surface area contributed by atoms with Crippen LogP contribution in [0.15, 0.2) is 12.3 Å². The summed E-state index contributed by atoms with van der Waals surface area (Å²) in [5.74, 6) is 1.09. The van der Waals surface area contributed by atoms with E-state index in [2.05, 4.69) is 27.4 Å². The zero-order valence-electron chi connectivity index (χ0n) is 15.8. The number of hydrogen-bond acceptors (Lipinski definition) is 2. The van der Waals surface area contributed by atoms with E-state index < -0.39 is 18.2 Å². The molecule has 0 aromatic rings. The first-order chi connectivity index (χ1) is 10.9. The summed E-state index contributed by atoms with van der Waals surface area (Å²) < 4.78 is 48.4. The van der Waals surface area contributed by atoms with Crippen LogP contribution >= 0.6 is 0 Å². The van der Waals surface area contributed by atoms with Gasteiger partial charge in [0.15, 0.2) is 0 Å². The molecule has 5 heteroatoms. The molecule has 1 aliphatic rings. The summed E-state index contributed by atoms with van der Waals surface area (Å²) in [6.07, 6.45) is -0.306. The molecule has 1 rings (SSSR count). The largest absolute Gasteiger partial charge is 0.495 e. The molecule has 0 radical (unpaired) electrons. The van der Waals surface area contributed by atoms with Crippen molar-refractivity contribution in [1.82, 2.24) is 0 Å². The fourth-order valence-corrected chi connectivity index (χ4v) is 2.98. The zero-order valence-corrected chi connectivity index (χ0v) is 15.8. The lowest BCUT2D eigenvalue weighted by atomic mass is 9.77. The van der Waals surface area contributed by atoms with Crippen LogP contribution in [0.3, 0.4) is 0 Å². The lowest BCUT2D eigenvalue weighted by molar-refractivity contribution is -0.163. The Hall–Kier alpha value is -0.710. The van der Waals surface area contributed by atoms with Gasteiger partial charge in [0.2, 0.25) is 0 Å². The second-order valence-electron chi connectivity index (χ2n) is 8.07. The zero-order chi connectivity index (χ0) is 18.6. The molecule has 0 amide bonds. The monoisotopic (exact) mass is 350 g/mol. The van der Waals surface area contributed by atoms with Gasteiger partial charge in [0.05, 0.1) is 30.5 Å². The van der Waals surface area contributed by atoms with Gasteiger partial charge in [-0.1, -0.05) is 27.4 Å². The average molecular weight is 350 g/mol. The van der Waals surface area contributed by atoms with Gasteiger partial charge in [-0.05, 0) is 51.9 Å². The van der Waals surface area contributed by atoms with Crippen LogP contribution in [-0.4, -0.2) is 24.5 Å². The van der Waals surface area contributed by atoms with Crippen LogP contribution in [-0.2, 0) is 9.47 Å². The van der Waals surface area contributed by atoms with Crippen molar-refractivity contribution in [2.75, 3.05) is 6.61 Å². The Morgan fingerprint density at radius 1 is 1.04 bits per heavy atom. The first-order valence-corrected chi connectivity index (χ1v) is 8.94. The van der Waals surface area contributed by atoms with Gasteiger partial charge in [0, 0.05) is 5.41 Å². The molecule has 0 spiro atoms. The molecule has 0 heterocycles. The third kappa shape index (κ3) is 6.66. The Kier molecular flexibility index (Phi) is 7.21. The predicted octanol–water partition coefficient (Wildman–Crippen LogP) is 6.26. The Morgan fingerprint density at radius 2 is 1.58 bits per heavy atom. The lowest BCUT2D eigenvalue weighted by Crippen LogP contribution is -2.39. The van der Waals surface area contributed by atoms with Crippen LogP contribution in [0, 0.1) is 11.3 Å². The number of hydrogen-bond donors (Lipinski definition) is 0. The highest BCUT2D eigenvalue weighted by atomic mass is 19.4. The molecule has 1 fully saturated rings. The number of halogens is 3. The van der Waals surface area contributed by atoms with Gasteiger partial charge in [-0.25, -0.2) is 0 Å². The minimum absolute atomic E-state index is 0.0309. The molecule has 0 aromatic carbocycles. The molecule has 1 aliphatic carbocycles. The second kappa shape index (κ2) is 8.11. The van der Waals surface area contributed by atoms with Crippen molar-refractivity contribution >= 4 is 0 Å². The molecule has 0 bridgehead atoms. The van der Waals surface area contributed by atoms with E-state index >= 15 is 0 Å². The molecule has 0 unspecified atom stereocenters. The third-order valence-corrected chi connectivity index (χ3v) is 5.46. The smallest absolute Gasteiger partial charge is 0.391 e. The van der Waals surface area contributed by atoms with Crippen LogP contribution in [0.5, 0.6) is 0 Å². The SMILES string of the molecule is C=C(OC1CCC(C(C)(C)OCCC(F)(F)F)CC1)C(C)(C)CC. The molecule has 0 atom stereocenters. The van der Waals surface area contributed by atoms with E-state index in [-0.39, 0.29) is 24.0 Å². The number of ether oxygens (including phenoxy) is 2. The van der Waals surface area contributed by atoms with Crippen molar-refractivity contribution in [2.45, 2.75) is 91.0 Å². The summed E-state index contributed by atoms with van der Waals surface area (Å²) in [6.45, 7) is 14.0. The topological polar surface area (TPSA) is 18.5 Å². The molecule has 24 heavy (non-hydrogen) atoms. The molecule has 1 saturated carbocycles. The van der Waals surface area contributed by atoms with Crippen molar-refractivity contribution in [3.8, 4) is 0 Å². The third-order valence-electron chi connectivity index (χ3n) is 5.46. The predicted molar refractivity (Wildman–Crippen MR) is 90.7 cm³/mol. The van der Waals surface area contributed by atoms with Gasteiger partial charge < -0.3 is 9.47 Å². The summed E-state index contributed by atoms with van der Waals surface area (Å²) >= 11 is 0. The fraction of sp³-hybridized carbons (Fsp3) is 0.895. The maximum Gasteiger partial charge on any atom is 0.391 e. The van der Waals surface area contributed by atoms with Crippen molar-refractivity contribution in [3.63, 3.8) is 0 Å². The first kappa shape index (κ1) is 21.3. The van der Waals surface area contributed by atoms with E-state index in [1.54, 1.807) is 0 Å². The van der Waals surface area contributed by atoms with Crippen LogP contribution < -0.4 is 0 Å². The molecule has 0 saturated heterocycles. The highest BCUT2D eigenvalue weighted by Gasteiger charge is 2.36. The van der Waals surface area contributed by atoms with Crippen molar-refractivity contribution in [3.05, 3.63) is 12.3 Å². The summed E-state index contributed by atoms with van der Waals surface area (Å²) in [5.41, 5.74) is -0.563. The van der Waals surface area contributed by atoms with E-state index in [4.69, 9.17) is 9.47 Å². The number of alkyl halides is 3. The summed E-state index contributed by atoms with van der Waals surface area (Å²) in [6, 6.07) is 0. The molecule has 0 aromatic heterocycles. The van der Waals surface area contributed by atoms with Crippen LogP contribution in [0.1, 0.15) is 73.1 Å². The molecule has 0 N–H and O–H groups in total. The van der Waals surface area contributed by atoms with Gasteiger partial charge in [-0.3, -0.25) is 0 Å². The minimum atomic E-state index is -4.16. The summed E-state index contributed by atoms with van der Waals surface area (Å²) in [4.78, 5) is 0.